The highest BCUT2D eigenvalue weighted by Crippen LogP contribution is 2.47. The van der Waals surface area contributed by atoms with Crippen LogP contribution >= 0.6 is 7.82 Å². The molecule has 0 heterocycles. The molecule has 1 aliphatic carbocycles. The number of ether oxygens (including phenoxy) is 2. The van der Waals surface area contributed by atoms with Gasteiger partial charge >= 0.3 is 19.8 Å². The van der Waals surface area contributed by atoms with Crippen molar-refractivity contribution in [1.29, 1.82) is 0 Å². The molecular formula is C47H81O15P. The molecule has 364 valence electrons. The van der Waals surface area contributed by atoms with Crippen molar-refractivity contribution in [2.75, 3.05) is 13.2 Å². The van der Waals surface area contributed by atoms with Crippen LogP contribution in [0.2, 0.25) is 0 Å². The minimum Gasteiger partial charge on any atom is -0.462 e. The van der Waals surface area contributed by atoms with E-state index in [-0.39, 0.29) is 32.1 Å². The minimum absolute atomic E-state index is 0.0282. The summed E-state index contributed by atoms with van der Waals surface area (Å²) in [6.45, 7) is 2.90. The van der Waals surface area contributed by atoms with Gasteiger partial charge in [0.2, 0.25) is 0 Å². The van der Waals surface area contributed by atoms with Gasteiger partial charge in [0, 0.05) is 12.8 Å². The summed E-state index contributed by atoms with van der Waals surface area (Å²) in [6.07, 6.45) is 22.8. The molecule has 1 aliphatic rings. The molecule has 10 atom stereocenters. The molecular weight excluding hydrogens is 835 g/mol. The van der Waals surface area contributed by atoms with Crippen LogP contribution in [0.4, 0.5) is 0 Å². The molecule has 0 saturated heterocycles. The second-order valence-electron chi connectivity index (χ2n) is 16.2. The molecule has 1 rings (SSSR count). The lowest BCUT2D eigenvalue weighted by Gasteiger charge is -2.41. The smallest absolute Gasteiger partial charge is 0.462 e. The molecule has 0 aromatic rings. The van der Waals surface area contributed by atoms with Crippen LogP contribution in [0.15, 0.2) is 60.8 Å². The molecule has 0 aromatic heterocycles. The molecule has 1 fully saturated rings. The Hall–Kier alpha value is -2.53. The topological polar surface area (TPSA) is 250 Å². The first kappa shape index (κ1) is 58.5. The number of carbonyl (C=O) groups is 2. The largest absolute Gasteiger partial charge is 0.472 e. The third kappa shape index (κ3) is 28.9. The van der Waals surface area contributed by atoms with Crippen molar-refractivity contribution in [3.63, 3.8) is 0 Å². The molecule has 8 N–H and O–H groups in total. The number of phosphoric ester groups is 1. The second-order valence-corrected chi connectivity index (χ2v) is 17.6. The van der Waals surface area contributed by atoms with Gasteiger partial charge in [-0.25, -0.2) is 4.57 Å². The highest BCUT2D eigenvalue weighted by Gasteiger charge is 2.51. The van der Waals surface area contributed by atoms with E-state index in [1.54, 1.807) is 6.08 Å². The van der Waals surface area contributed by atoms with E-state index in [1.807, 2.05) is 12.2 Å². The Balaban J connectivity index is 2.57. The maximum absolute atomic E-state index is 12.8. The third-order valence-corrected chi connectivity index (χ3v) is 11.5. The van der Waals surface area contributed by atoms with Gasteiger partial charge in [-0.3, -0.25) is 18.6 Å². The van der Waals surface area contributed by atoms with E-state index in [9.17, 15) is 54.8 Å². The Morgan fingerprint density at radius 1 is 0.571 bits per heavy atom. The zero-order valence-electron chi connectivity index (χ0n) is 37.8. The van der Waals surface area contributed by atoms with Gasteiger partial charge in [-0.1, -0.05) is 126 Å². The third-order valence-electron chi connectivity index (χ3n) is 10.5. The summed E-state index contributed by atoms with van der Waals surface area (Å²) < 4.78 is 33.3. The SMILES string of the molecule is CC/C=C\C/C=C\C/C=C\C/C=C\C[C@H](O)[C@@H](O)CCCC(=O)OC[C@H](COP(=O)(O)OC1[C@H](O)[C@H](O)C(O)[C@H](O)[C@H]1O)OC(=O)CCCCCCCCC/C=C\CCCCCC. The number of hydrogen-bond donors (Lipinski definition) is 8. The van der Waals surface area contributed by atoms with Crippen LogP contribution in [-0.2, 0) is 32.7 Å². The number of aliphatic hydroxyl groups excluding tert-OH is 7. The van der Waals surface area contributed by atoms with E-state index in [0.29, 0.717) is 12.8 Å². The molecule has 0 radical (unpaired) electrons. The molecule has 15 nitrogen and oxygen atoms in total. The Labute approximate surface area is 376 Å². The van der Waals surface area contributed by atoms with Crippen LogP contribution < -0.4 is 0 Å². The summed E-state index contributed by atoms with van der Waals surface area (Å²) >= 11 is 0. The number of allylic oxidation sites excluding steroid dienone is 9. The molecule has 0 spiro atoms. The molecule has 0 amide bonds. The van der Waals surface area contributed by atoms with Crippen molar-refractivity contribution < 1.29 is 73.3 Å². The zero-order valence-corrected chi connectivity index (χ0v) is 38.7. The molecule has 0 aromatic carbocycles. The van der Waals surface area contributed by atoms with Crippen LogP contribution in [0.5, 0.6) is 0 Å². The van der Waals surface area contributed by atoms with E-state index in [0.717, 1.165) is 70.6 Å². The molecule has 1 saturated carbocycles. The molecule has 63 heavy (non-hydrogen) atoms. The average molecular weight is 917 g/mol. The Morgan fingerprint density at radius 3 is 1.63 bits per heavy atom. The van der Waals surface area contributed by atoms with Crippen molar-refractivity contribution in [2.24, 2.45) is 0 Å². The summed E-state index contributed by atoms with van der Waals surface area (Å²) in [4.78, 5) is 35.8. The van der Waals surface area contributed by atoms with Crippen LogP contribution in [0, 0.1) is 0 Å². The maximum Gasteiger partial charge on any atom is 0.472 e. The van der Waals surface area contributed by atoms with Gasteiger partial charge in [0.25, 0.3) is 0 Å². The highest BCUT2D eigenvalue weighted by molar-refractivity contribution is 7.47. The number of unbranched alkanes of at least 4 members (excludes halogenated alkanes) is 11. The van der Waals surface area contributed by atoms with E-state index < -0.39 is 87.9 Å². The lowest BCUT2D eigenvalue weighted by Crippen LogP contribution is -2.64. The van der Waals surface area contributed by atoms with Gasteiger partial charge in [-0.2, -0.15) is 0 Å². The number of aliphatic hydroxyl groups is 7. The van der Waals surface area contributed by atoms with Crippen molar-refractivity contribution in [3.8, 4) is 0 Å². The predicted octanol–water partition coefficient (Wildman–Crippen LogP) is 6.89. The number of phosphoric acid groups is 1. The van der Waals surface area contributed by atoms with Crippen LogP contribution in [-0.4, -0.2) is 121 Å². The first-order valence-electron chi connectivity index (χ1n) is 23.3. The van der Waals surface area contributed by atoms with Crippen LogP contribution in [0.25, 0.3) is 0 Å². The lowest BCUT2D eigenvalue weighted by atomic mass is 9.85. The number of rotatable bonds is 37. The normalized spacial score (nSPS) is 23.3. The summed E-state index contributed by atoms with van der Waals surface area (Å²) in [5.41, 5.74) is 0. The molecule has 0 bridgehead atoms. The van der Waals surface area contributed by atoms with E-state index >= 15 is 0 Å². The predicted molar refractivity (Wildman–Crippen MR) is 242 cm³/mol. The fraction of sp³-hybridized carbons (Fsp3) is 0.745. The first-order chi connectivity index (χ1) is 30.2. The van der Waals surface area contributed by atoms with Crippen LogP contribution in [0.1, 0.15) is 155 Å². The van der Waals surface area contributed by atoms with Gasteiger partial charge in [0.1, 0.15) is 43.2 Å². The maximum atomic E-state index is 12.8. The Bertz CT molecular complexity index is 1370. The van der Waals surface area contributed by atoms with Gasteiger partial charge in [0.05, 0.1) is 18.8 Å². The van der Waals surface area contributed by atoms with Gasteiger partial charge < -0.3 is 50.1 Å². The fourth-order valence-corrected chi connectivity index (χ4v) is 7.64. The Morgan fingerprint density at radius 2 is 1.06 bits per heavy atom. The fourth-order valence-electron chi connectivity index (χ4n) is 6.66. The standard InChI is InChI=1S/C47H81O15P/c1-3-5-7-9-11-13-15-17-18-19-21-23-25-27-29-33-41(51)61-37(36-60-63(57,58)62-47-45(55)43(53)42(52)44(54)46(47)56)35-59-40(50)34-30-32-39(49)38(48)31-28-26-24-22-20-16-14-12-10-8-6-4-2/h6,8,12-15,20,22,26,28,37-39,42-49,52-56H,3-5,7,9-11,16-19,21,23-25,27,29-36H2,1-2H3,(H,57,58)/b8-6-,14-12-,15-13-,22-20-,28-26-/t37-,38+,39+,42?,43-,44+,45-,46-,47?/m1/s1. The summed E-state index contributed by atoms with van der Waals surface area (Å²) in [5, 5.41) is 70.9. The van der Waals surface area contributed by atoms with Crippen molar-refractivity contribution in [1.82, 2.24) is 0 Å². The van der Waals surface area contributed by atoms with Gasteiger partial charge in [-0.05, 0) is 77.0 Å². The summed E-state index contributed by atoms with van der Waals surface area (Å²) in [5.74, 6) is -1.40. The number of esters is 2. The monoisotopic (exact) mass is 917 g/mol. The molecule has 3 unspecified atom stereocenters. The zero-order chi connectivity index (χ0) is 46.7. The van der Waals surface area contributed by atoms with Crippen LogP contribution in [0.3, 0.4) is 0 Å². The van der Waals surface area contributed by atoms with Crippen molar-refractivity contribution in [3.05, 3.63) is 60.8 Å². The Kier molecular flexibility index (Phi) is 34.0. The van der Waals surface area contributed by atoms with E-state index in [4.69, 9.17) is 18.5 Å². The van der Waals surface area contributed by atoms with Crippen molar-refractivity contribution in [2.45, 2.75) is 210 Å². The molecule has 0 aliphatic heterocycles. The lowest BCUT2D eigenvalue weighted by molar-refractivity contribution is -0.220. The second kappa shape index (κ2) is 36.7. The number of hydrogen-bond acceptors (Lipinski definition) is 14. The molecule has 16 heteroatoms. The highest BCUT2D eigenvalue weighted by atomic mass is 31.2. The number of carbonyl (C=O) groups excluding carboxylic acids is 2. The average Bonchev–Trinajstić information content (AvgIpc) is 3.26. The summed E-state index contributed by atoms with van der Waals surface area (Å²) in [7, 11) is -5.19. The quantitative estimate of drug-likeness (QED) is 0.0137. The van der Waals surface area contributed by atoms with E-state index in [1.165, 1.54) is 25.7 Å². The van der Waals surface area contributed by atoms with Gasteiger partial charge in [-0.15, -0.1) is 0 Å². The van der Waals surface area contributed by atoms with Gasteiger partial charge in [0.15, 0.2) is 6.10 Å². The minimum atomic E-state index is -5.19. The van der Waals surface area contributed by atoms with Crippen molar-refractivity contribution >= 4 is 19.8 Å². The first-order valence-corrected chi connectivity index (χ1v) is 24.8. The summed E-state index contributed by atoms with van der Waals surface area (Å²) in [6, 6.07) is 0. The van der Waals surface area contributed by atoms with E-state index in [2.05, 4.69) is 56.4 Å².